The lowest BCUT2D eigenvalue weighted by Crippen LogP contribution is -2.59. The summed E-state index contributed by atoms with van der Waals surface area (Å²) in [5.74, 6) is 0. The fraction of sp³-hybridized carbons (Fsp3) is 0.611. The van der Waals surface area contributed by atoms with Gasteiger partial charge in [-0.05, 0) is 32.8 Å². The molecule has 1 fully saturated rings. The second-order valence-electron chi connectivity index (χ2n) is 7.43. The van der Waals surface area contributed by atoms with Crippen molar-refractivity contribution in [3.05, 3.63) is 35.9 Å². The van der Waals surface area contributed by atoms with Crippen LogP contribution in [0.25, 0.3) is 0 Å². The third-order valence-electron chi connectivity index (χ3n) is 4.24. The van der Waals surface area contributed by atoms with Crippen LogP contribution in [0.1, 0.15) is 32.8 Å². The lowest BCUT2D eigenvalue weighted by atomic mass is 9.91. The van der Waals surface area contributed by atoms with Crippen molar-refractivity contribution in [1.82, 2.24) is 10.2 Å². The van der Waals surface area contributed by atoms with Crippen LogP contribution in [0.4, 0.5) is 13.6 Å². The Balaban J connectivity index is 2.10. The van der Waals surface area contributed by atoms with Crippen LogP contribution in [0.15, 0.2) is 30.3 Å². The topological polar surface area (TPSA) is 61.8 Å². The summed E-state index contributed by atoms with van der Waals surface area (Å²) in [7, 11) is 0. The van der Waals surface area contributed by atoms with Crippen molar-refractivity contribution in [2.24, 2.45) is 0 Å². The van der Waals surface area contributed by atoms with E-state index < -0.39 is 29.8 Å². The molecule has 5 nitrogen and oxygen atoms in total. The fourth-order valence-corrected chi connectivity index (χ4v) is 2.92. The van der Waals surface area contributed by atoms with E-state index in [2.05, 4.69) is 5.32 Å². The first kappa shape index (κ1) is 19.6. The van der Waals surface area contributed by atoms with Crippen molar-refractivity contribution in [1.29, 1.82) is 0 Å². The molecule has 0 aromatic heterocycles. The van der Waals surface area contributed by atoms with Gasteiger partial charge < -0.3 is 20.1 Å². The minimum absolute atomic E-state index is 0.0275. The van der Waals surface area contributed by atoms with Crippen molar-refractivity contribution in [2.45, 2.75) is 57.4 Å². The van der Waals surface area contributed by atoms with E-state index in [9.17, 15) is 18.7 Å². The highest BCUT2D eigenvalue weighted by atomic mass is 19.3. The summed E-state index contributed by atoms with van der Waals surface area (Å²) >= 11 is 0. The number of rotatable bonds is 5. The Bertz CT molecular complexity index is 577. The number of ether oxygens (including phenoxy) is 1. The maximum atomic E-state index is 13.2. The Morgan fingerprint density at radius 3 is 2.56 bits per heavy atom. The molecule has 2 rings (SSSR count). The van der Waals surface area contributed by atoms with Crippen LogP contribution >= 0.6 is 0 Å². The Kier molecular flexibility index (Phi) is 6.00. The van der Waals surface area contributed by atoms with Gasteiger partial charge in [0.1, 0.15) is 11.7 Å². The van der Waals surface area contributed by atoms with Gasteiger partial charge in [-0.1, -0.05) is 30.3 Å². The molecule has 1 amide bonds. The lowest BCUT2D eigenvalue weighted by molar-refractivity contribution is -0.0592. The van der Waals surface area contributed by atoms with Gasteiger partial charge in [-0.25, -0.2) is 13.6 Å². The molecule has 0 aliphatic carbocycles. The number of halogens is 2. The average Bonchev–Trinajstić information content (AvgIpc) is 2.97. The summed E-state index contributed by atoms with van der Waals surface area (Å²) in [5, 5.41) is 13.2. The first-order chi connectivity index (χ1) is 11.6. The molecular weight excluding hydrogens is 330 g/mol. The molecule has 1 aliphatic rings. The molecule has 1 heterocycles. The van der Waals surface area contributed by atoms with E-state index in [-0.39, 0.29) is 19.5 Å². The van der Waals surface area contributed by atoms with Crippen LogP contribution in [0.5, 0.6) is 0 Å². The number of hydrogen-bond acceptors (Lipinski definition) is 4. The number of carbonyl (C=O) groups is 1. The van der Waals surface area contributed by atoms with Crippen LogP contribution < -0.4 is 5.32 Å². The summed E-state index contributed by atoms with van der Waals surface area (Å²) in [6, 6.07) is 9.32. The maximum Gasteiger partial charge on any atom is 0.410 e. The number of aliphatic hydroxyl groups is 1. The zero-order valence-electron chi connectivity index (χ0n) is 14.8. The van der Waals surface area contributed by atoms with E-state index in [1.54, 1.807) is 20.8 Å². The Morgan fingerprint density at radius 2 is 2.00 bits per heavy atom. The number of alkyl halides is 2. The molecule has 1 aromatic rings. The summed E-state index contributed by atoms with van der Waals surface area (Å²) in [6.45, 7) is 5.79. The molecule has 25 heavy (non-hydrogen) atoms. The number of nitrogens with zero attached hydrogens (tertiary/aromatic N) is 1. The highest BCUT2D eigenvalue weighted by Crippen LogP contribution is 2.30. The van der Waals surface area contributed by atoms with Crippen LogP contribution in [-0.2, 0) is 11.3 Å². The SMILES string of the molecule is CC(C)(C)OC(=O)N1CCC(NCc2ccccc2)(C(O)C(F)F)C1. The van der Waals surface area contributed by atoms with E-state index >= 15 is 0 Å². The zero-order chi connectivity index (χ0) is 18.7. The normalized spacial score (nSPS) is 22.3. The van der Waals surface area contributed by atoms with E-state index in [1.807, 2.05) is 30.3 Å². The largest absolute Gasteiger partial charge is 0.444 e. The molecule has 1 aliphatic heterocycles. The van der Waals surface area contributed by atoms with Gasteiger partial charge in [0.2, 0.25) is 0 Å². The number of likely N-dealkylation sites (tertiary alicyclic amines) is 1. The first-order valence-electron chi connectivity index (χ1n) is 8.36. The molecule has 0 saturated carbocycles. The van der Waals surface area contributed by atoms with E-state index in [0.717, 1.165) is 5.56 Å². The smallest absolute Gasteiger partial charge is 0.410 e. The van der Waals surface area contributed by atoms with Gasteiger partial charge in [0, 0.05) is 19.6 Å². The number of aliphatic hydroxyl groups excluding tert-OH is 1. The maximum absolute atomic E-state index is 13.2. The van der Waals surface area contributed by atoms with Gasteiger partial charge in [0.05, 0.1) is 5.54 Å². The van der Waals surface area contributed by atoms with E-state index in [1.165, 1.54) is 4.90 Å². The van der Waals surface area contributed by atoms with E-state index in [0.29, 0.717) is 6.54 Å². The van der Waals surface area contributed by atoms with Gasteiger partial charge in [-0.2, -0.15) is 0 Å². The van der Waals surface area contributed by atoms with Gasteiger partial charge in [0.15, 0.2) is 0 Å². The second-order valence-corrected chi connectivity index (χ2v) is 7.43. The standard InChI is InChI=1S/C18H26F2N2O3/c1-17(2,3)25-16(24)22-10-9-18(12-22,14(23)15(19)20)21-11-13-7-5-4-6-8-13/h4-8,14-15,21,23H,9-12H2,1-3H3. The van der Waals surface area contributed by atoms with Gasteiger partial charge >= 0.3 is 6.09 Å². The molecule has 7 heteroatoms. The van der Waals surface area contributed by atoms with Crippen molar-refractivity contribution in [3.8, 4) is 0 Å². The van der Waals surface area contributed by atoms with Crippen molar-refractivity contribution in [3.63, 3.8) is 0 Å². The Hall–Kier alpha value is -1.73. The molecular formula is C18H26F2N2O3. The second kappa shape index (κ2) is 7.66. The summed E-state index contributed by atoms with van der Waals surface area (Å²) in [5.41, 5.74) is -1.01. The molecule has 1 aromatic carbocycles. The van der Waals surface area contributed by atoms with Gasteiger partial charge in [-0.3, -0.25) is 0 Å². The molecule has 2 atom stereocenters. The number of carbonyl (C=O) groups excluding carboxylic acids is 1. The monoisotopic (exact) mass is 356 g/mol. The zero-order valence-corrected chi connectivity index (χ0v) is 14.8. The lowest BCUT2D eigenvalue weighted by Gasteiger charge is -2.35. The van der Waals surface area contributed by atoms with Crippen LogP contribution in [0.2, 0.25) is 0 Å². The van der Waals surface area contributed by atoms with Gasteiger partial charge in [0.25, 0.3) is 6.43 Å². The van der Waals surface area contributed by atoms with Crippen molar-refractivity contribution >= 4 is 6.09 Å². The number of hydrogen-bond donors (Lipinski definition) is 2. The molecule has 2 N–H and O–H groups in total. The Labute approximate surface area is 147 Å². The van der Waals surface area contributed by atoms with E-state index in [4.69, 9.17) is 4.74 Å². The molecule has 0 radical (unpaired) electrons. The quantitative estimate of drug-likeness (QED) is 0.852. The van der Waals surface area contributed by atoms with Crippen LogP contribution in [0, 0.1) is 0 Å². The van der Waals surface area contributed by atoms with Crippen LogP contribution in [-0.4, -0.2) is 52.9 Å². The third-order valence-corrected chi connectivity index (χ3v) is 4.24. The first-order valence-corrected chi connectivity index (χ1v) is 8.36. The third kappa shape index (κ3) is 5.12. The predicted molar refractivity (Wildman–Crippen MR) is 90.4 cm³/mol. The van der Waals surface area contributed by atoms with Crippen molar-refractivity contribution < 1.29 is 23.4 Å². The average molecular weight is 356 g/mol. The molecule has 1 saturated heterocycles. The highest BCUT2D eigenvalue weighted by molar-refractivity contribution is 5.68. The highest BCUT2D eigenvalue weighted by Gasteiger charge is 2.49. The van der Waals surface area contributed by atoms with Crippen molar-refractivity contribution in [2.75, 3.05) is 13.1 Å². The molecule has 2 unspecified atom stereocenters. The summed E-state index contributed by atoms with van der Waals surface area (Å²) < 4.78 is 31.8. The summed E-state index contributed by atoms with van der Waals surface area (Å²) in [4.78, 5) is 13.6. The Morgan fingerprint density at radius 1 is 1.36 bits per heavy atom. The fourth-order valence-electron chi connectivity index (χ4n) is 2.92. The minimum atomic E-state index is -2.90. The minimum Gasteiger partial charge on any atom is -0.444 e. The van der Waals surface area contributed by atoms with Crippen LogP contribution in [0.3, 0.4) is 0 Å². The number of benzene rings is 1. The number of amides is 1. The molecule has 0 spiro atoms. The molecule has 0 bridgehead atoms. The number of nitrogens with one attached hydrogen (secondary N) is 1. The summed E-state index contributed by atoms with van der Waals surface area (Å²) in [6.07, 6.45) is -5.10. The predicted octanol–water partition coefficient (Wildman–Crippen LogP) is 2.78. The van der Waals surface area contributed by atoms with Gasteiger partial charge in [-0.15, -0.1) is 0 Å². The molecule has 140 valence electrons.